The van der Waals surface area contributed by atoms with E-state index in [1.165, 1.54) is 30.6 Å². The molecule has 0 saturated heterocycles. The van der Waals surface area contributed by atoms with Crippen LogP contribution in [0.2, 0.25) is 0 Å². The number of para-hydroxylation sites is 1. The van der Waals surface area contributed by atoms with Gasteiger partial charge in [0.25, 0.3) is 5.91 Å². The normalized spacial score (nSPS) is 10.8. The van der Waals surface area contributed by atoms with Crippen molar-refractivity contribution in [1.82, 2.24) is 4.98 Å². The van der Waals surface area contributed by atoms with Gasteiger partial charge in [-0.2, -0.15) is 0 Å². The molecule has 2 aromatic heterocycles. The number of thiazole rings is 1. The minimum atomic E-state index is -0.467. The van der Waals surface area contributed by atoms with Crippen LogP contribution in [0.25, 0.3) is 22.2 Å². The number of fused-ring (bicyclic) bond motifs is 1. The number of halogens is 1. The molecule has 0 saturated carbocycles. The van der Waals surface area contributed by atoms with Crippen LogP contribution < -0.4 is 10.1 Å². The van der Waals surface area contributed by atoms with E-state index in [4.69, 9.17) is 9.15 Å². The summed E-state index contributed by atoms with van der Waals surface area (Å²) in [6.07, 6.45) is 0. The van der Waals surface area contributed by atoms with Gasteiger partial charge in [-0.3, -0.25) is 10.1 Å². The van der Waals surface area contributed by atoms with Crippen LogP contribution in [0.5, 0.6) is 5.75 Å². The van der Waals surface area contributed by atoms with Crippen molar-refractivity contribution in [3.05, 3.63) is 65.5 Å². The van der Waals surface area contributed by atoms with Crippen LogP contribution in [0.4, 0.5) is 9.52 Å². The van der Waals surface area contributed by atoms with E-state index in [-0.39, 0.29) is 17.4 Å². The van der Waals surface area contributed by atoms with Gasteiger partial charge in [0.1, 0.15) is 5.58 Å². The molecule has 4 rings (SSSR count). The van der Waals surface area contributed by atoms with Crippen molar-refractivity contribution in [3.8, 4) is 17.0 Å². The van der Waals surface area contributed by atoms with E-state index in [2.05, 4.69) is 10.3 Å². The molecule has 0 aliphatic rings. The molecule has 4 aromatic rings. The number of nitrogens with one attached hydrogen (secondary N) is 1. The number of ether oxygens (including phenoxy) is 1. The zero-order valence-electron chi connectivity index (χ0n) is 13.7. The molecule has 0 spiro atoms. The van der Waals surface area contributed by atoms with Crippen LogP contribution >= 0.6 is 11.3 Å². The number of carbonyl (C=O) groups is 1. The predicted molar refractivity (Wildman–Crippen MR) is 98.2 cm³/mol. The number of anilines is 1. The second kappa shape index (κ2) is 6.61. The van der Waals surface area contributed by atoms with Gasteiger partial charge in [-0.05, 0) is 30.3 Å². The zero-order chi connectivity index (χ0) is 18.1. The lowest BCUT2D eigenvalue weighted by Gasteiger charge is -2.03. The summed E-state index contributed by atoms with van der Waals surface area (Å²) in [6, 6.07) is 13.7. The summed E-state index contributed by atoms with van der Waals surface area (Å²) >= 11 is 1.25. The fourth-order valence-corrected chi connectivity index (χ4v) is 3.26. The summed E-state index contributed by atoms with van der Waals surface area (Å²) in [4.78, 5) is 16.7. The number of amides is 1. The molecule has 2 heterocycles. The van der Waals surface area contributed by atoms with Gasteiger partial charge < -0.3 is 9.15 Å². The number of benzene rings is 2. The Hall–Kier alpha value is -3.19. The Morgan fingerprint density at radius 1 is 1.23 bits per heavy atom. The maximum Gasteiger partial charge on any atom is 0.293 e. The van der Waals surface area contributed by atoms with Gasteiger partial charge in [0.05, 0.1) is 12.8 Å². The van der Waals surface area contributed by atoms with Gasteiger partial charge in [-0.1, -0.05) is 18.2 Å². The number of methoxy groups -OCH3 is 1. The highest BCUT2D eigenvalue weighted by Crippen LogP contribution is 2.29. The van der Waals surface area contributed by atoms with E-state index in [0.29, 0.717) is 22.0 Å². The molecule has 2 aromatic carbocycles. The Morgan fingerprint density at radius 3 is 2.85 bits per heavy atom. The number of rotatable bonds is 4. The summed E-state index contributed by atoms with van der Waals surface area (Å²) in [5, 5.41) is 5.71. The van der Waals surface area contributed by atoms with Crippen LogP contribution in [0.1, 0.15) is 10.6 Å². The van der Waals surface area contributed by atoms with Crippen molar-refractivity contribution in [3.63, 3.8) is 0 Å². The third-order valence-electron chi connectivity index (χ3n) is 3.82. The number of carbonyl (C=O) groups excluding carboxylic acids is 1. The average Bonchev–Trinajstić information content (AvgIpc) is 3.28. The number of hydrogen-bond acceptors (Lipinski definition) is 5. The summed E-state index contributed by atoms with van der Waals surface area (Å²) in [5.41, 5.74) is 1.81. The fourth-order valence-electron chi connectivity index (χ4n) is 2.54. The van der Waals surface area contributed by atoms with Crippen molar-refractivity contribution in [2.75, 3.05) is 12.4 Å². The molecule has 0 aliphatic heterocycles. The lowest BCUT2D eigenvalue weighted by atomic mass is 10.1. The predicted octanol–water partition coefficient (Wildman–Crippen LogP) is 4.96. The van der Waals surface area contributed by atoms with Gasteiger partial charge >= 0.3 is 0 Å². The molecular weight excluding hydrogens is 355 g/mol. The van der Waals surface area contributed by atoms with E-state index in [1.807, 2.05) is 18.2 Å². The lowest BCUT2D eigenvalue weighted by Crippen LogP contribution is -2.10. The summed E-state index contributed by atoms with van der Waals surface area (Å²) in [6.45, 7) is 0. The minimum Gasteiger partial charge on any atom is -0.494 e. The molecule has 5 nitrogen and oxygen atoms in total. The quantitative estimate of drug-likeness (QED) is 0.553. The molecule has 26 heavy (non-hydrogen) atoms. The lowest BCUT2D eigenvalue weighted by molar-refractivity contribution is 0.0998. The molecule has 1 amide bonds. The molecule has 0 aliphatic carbocycles. The van der Waals surface area contributed by atoms with Crippen LogP contribution in [0.15, 0.2) is 58.3 Å². The molecule has 0 atom stereocenters. The van der Waals surface area contributed by atoms with Crippen molar-refractivity contribution in [2.24, 2.45) is 0 Å². The van der Waals surface area contributed by atoms with Gasteiger partial charge in [-0.25, -0.2) is 9.37 Å². The first-order chi connectivity index (χ1) is 12.6. The Balaban J connectivity index is 1.54. The Labute approximate surface area is 152 Å². The van der Waals surface area contributed by atoms with E-state index < -0.39 is 5.82 Å². The van der Waals surface area contributed by atoms with Gasteiger partial charge in [-0.15, -0.1) is 11.3 Å². The minimum absolute atomic E-state index is 0.169. The second-order valence-electron chi connectivity index (χ2n) is 5.49. The first-order valence-corrected chi connectivity index (χ1v) is 8.61. The Morgan fingerprint density at radius 2 is 2.08 bits per heavy atom. The van der Waals surface area contributed by atoms with Crippen molar-refractivity contribution in [1.29, 1.82) is 0 Å². The highest BCUT2D eigenvalue weighted by atomic mass is 32.1. The largest absolute Gasteiger partial charge is 0.494 e. The standard InChI is InChI=1S/C19H13FN2O3S/c1-24-16-7-6-11(8-13(16)20)14-10-26-19(21-14)22-18(23)17-9-12-4-2-3-5-15(12)25-17/h2-10H,1H3,(H,21,22,23). The topological polar surface area (TPSA) is 64.4 Å². The van der Waals surface area contributed by atoms with E-state index in [1.54, 1.807) is 23.6 Å². The van der Waals surface area contributed by atoms with Crippen LogP contribution in [-0.4, -0.2) is 18.0 Å². The maximum atomic E-state index is 13.8. The smallest absolute Gasteiger partial charge is 0.293 e. The van der Waals surface area contributed by atoms with Crippen molar-refractivity contribution in [2.45, 2.75) is 0 Å². The molecule has 7 heteroatoms. The number of aromatic nitrogens is 1. The molecule has 130 valence electrons. The molecule has 1 N–H and O–H groups in total. The SMILES string of the molecule is COc1ccc(-c2csc(NC(=O)c3cc4ccccc4o3)n2)cc1F. The van der Waals surface area contributed by atoms with Gasteiger partial charge in [0, 0.05) is 16.3 Å². The van der Waals surface area contributed by atoms with E-state index in [0.717, 1.165) is 5.39 Å². The summed E-state index contributed by atoms with van der Waals surface area (Å²) in [7, 11) is 1.41. The third kappa shape index (κ3) is 3.04. The van der Waals surface area contributed by atoms with Crippen molar-refractivity contribution < 1.29 is 18.3 Å². The molecule has 0 unspecified atom stereocenters. The van der Waals surface area contributed by atoms with Crippen LogP contribution in [-0.2, 0) is 0 Å². The monoisotopic (exact) mass is 368 g/mol. The van der Waals surface area contributed by atoms with Crippen LogP contribution in [0.3, 0.4) is 0 Å². The third-order valence-corrected chi connectivity index (χ3v) is 4.58. The summed E-state index contributed by atoms with van der Waals surface area (Å²) < 4.78 is 24.3. The Bertz CT molecular complexity index is 1070. The van der Waals surface area contributed by atoms with Gasteiger partial charge in [0.15, 0.2) is 22.5 Å². The Kier molecular flexibility index (Phi) is 4.14. The molecule has 0 radical (unpaired) electrons. The van der Waals surface area contributed by atoms with E-state index in [9.17, 15) is 9.18 Å². The zero-order valence-corrected chi connectivity index (χ0v) is 14.5. The molecule has 0 fully saturated rings. The maximum absolute atomic E-state index is 13.8. The van der Waals surface area contributed by atoms with Gasteiger partial charge in [0.2, 0.25) is 0 Å². The molecule has 0 bridgehead atoms. The number of furan rings is 1. The van der Waals surface area contributed by atoms with Crippen molar-refractivity contribution >= 4 is 33.3 Å². The average molecular weight is 368 g/mol. The number of nitrogens with zero attached hydrogens (tertiary/aromatic N) is 1. The number of hydrogen-bond donors (Lipinski definition) is 1. The first kappa shape index (κ1) is 16.3. The molecular formula is C19H13FN2O3S. The summed E-state index contributed by atoms with van der Waals surface area (Å²) in [5.74, 6) is -0.477. The highest BCUT2D eigenvalue weighted by Gasteiger charge is 2.15. The van der Waals surface area contributed by atoms with E-state index >= 15 is 0 Å². The van der Waals surface area contributed by atoms with Crippen LogP contribution in [0, 0.1) is 5.82 Å². The fraction of sp³-hybridized carbons (Fsp3) is 0.0526. The highest BCUT2D eigenvalue weighted by molar-refractivity contribution is 7.14. The first-order valence-electron chi connectivity index (χ1n) is 7.73. The second-order valence-corrected chi connectivity index (χ2v) is 6.35.